The number of anilines is 2. The molecule has 1 fully saturated rings. The van der Waals surface area contributed by atoms with Crippen LogP contribution in [0.25, 0.3) is 0 Å². The van der Waals surface area contributed by atoms with Crippen molar-refractivity contribution in [2.45, 2.75) is 24.8 Å². The third-order valence-electron chi connectivity index (χ3n) is 4.72. The summed E-state index contributed by atoms with van der Waals surface area (Å²) in [6.45, 7) is -0.253. The highest BCUT2D eigenvalue weighted by Crippen LogP contribution is 2.48. The Hall–Kier alpha value is -3.14. The number of rotatable bonds is 6. The fourth-order valence-corrected chi connectivity index (χ4v) is 3.40. The lowest BCUT2D eigenvalue weighted by molar-refractivity contribution is 0.254. The zero-order chi connectivity index (χ0) is 18.4. The lowest BCUT2D eigenvalue weighted by Crippen LogP contribution is -2.56. The normalized spacial score (nSPS) is 15.6. The van der Waals surface area contributed by atoms with E-state index in [0.29, 0.717) is 5.82 Å². The van der Waals surface area contributed by atoms with Gasteiger partial charge in [0, 0.05) is 6.54 Å². The molecule has 1 aliphatic rings. The molecule has 7 heteroatoms. The molecule has 0 amide bonds. The number of benzene rings is 1. The van der Waals surface area contributed by atoms with E-state index in [9.17, 15) is 4.39 Å². The molecule has 1 aliphatic carbocycles. The number of guanidine groups is 1. The van der Waals surface area contributed by atoms with Crippen molar-refractivity contribution in [3.63, 3.8) is 0 Å². The lowest BCUT2D eigenvalue weighted by Gasteiger charge is -2.50. The summed E-state index contributed by atoms with van der Waals surface area (Å²) in [7, 11) is 0. The highest BCUT2D eigenvalue weighted by molar-refractivity contribution is 5.97. The largest absolute Gasteiger partial charge is 0.369 e. The van der Waals surface area contributed by atoms with Crippen LogP contribution in [0.15, 0.2) is 53.7 Å². The molecule has 0 unspecified atom stereocenters. The average Bonchev–Trinajstić information content (AvgIpc) is 2.64. The van der Waals surface area contributed by atoms with Gasteiger partial charge in [-0.3, -0.25) is 0 Å². The van der Waals surface area contributed by atoms with E-state index in [0.717, 1.165) is 30.5 Å². The number of pyridine rings is 1. The second kappa shape index (κ2) is 7.83. The first-order chi connectivity index (χ1) is 12.7. The van der Waals surface area contributed by atoms with Gasteiger partial charge >= 0.3 is 0 Å². The summed E-state index contributed by atoms with van der Waals surface area (Å²) >= 11 is 0. The number of nitriles is 1. The molecule has 0 radical (unpaired) electrons. The number of alkyl halides is 1. The Bertz CT molecular complexity index is 793. The third-order valence-corrected chi connectivity index (χ3v) is 4.72. The highest BCUT2D eigenvalue weighted by atomic mass is 19.1. The van der Waals surface area contributed by atoms with Crippen molar-refractivity contribution in [2.75, 3.05) is 23.4 Å². The molecule has 134 valence electrons. The molecule has 1 aromatic heterocycles. The van der Waals surface area contributed by atoms with Crippen LogP contribution in [0.3, 0.4) is 0 Å². The summed E-state index contributed by atoms with van der Waals surface area (Å²) in [6.07, 6.45) is 6.32. The smallest absolute Gasteiger partial charge is 0.212 e. The van der Waals surface area contributed by atoms with E-state index in [1.807, 2.05) is 29.2 Å². The molecule has 1 heterocycles. The first-order valence-corrected chi connectivity index (χ1v) is 8.55. The summed E-state index contributed by atoms with van der Waals surface area (Å²) in [5.74, 6) is 0.729. The van der Waals surface area contributed by atoms with Gasteiger partial charge in [0.1, 0.15) is 12.5 Å². The van der Waals surface area contributed by atoms with E-state index in [1.165, 1.54) is 0 Å². The monoisotopic (exact) mass is 352 g/mol. The molecule has 0 bridgehead atoms. The fraction of sp³-hybridized carbons (Fsp3) is 0.316. The standard InChI is InChI=1S/C19H21FN6/c20-11-12-23-17-8-7-16(13-24-17)26(18(22)25-14-21)19(9-4-10-19)15-5-2-1-3-6-15/h1-3,5-8,13H,4,9-12H2,(H2,22,25)(H,23,24). The molecule has 26 heavy (non-hydrogen) atoms. The summed E-state index contributed by atoms with van der Waals surface area (Å²) in [5, 5.41) is 11.9. The van der Waals surface area contributed by atoms with Gasteiger partial charge in [0.25, 0.3) is 0 Å². The van der Waals surface area contributed by atoms with Crippen LogP contribution in [-0.4, -0.2) is 24.2 Å². The number of aromatic nitrogens is 1. The molecule has 0 spiro atoms. The number of nitrogens with zero attached hydrogens (tertiary/aromatic N) is 4. The number of nitrogens with two attached hydrogens (primary N) is 1. The molecule has 0 aliphatic heterocycles. The predicted octanol–water partition coefficient (Wildman–Crippen LogP) is 3.14. The topological polar surface area (TPSA) is 90.3 Å². The summed E-state index contributed by atoms with van der Waals surface area (Å²) < 4.78 is 12.3. The van der Waals surface area contributed by atoms with Gasteiger partial charge in [-0.15, -0.1) is 4.99 Å². The summed E-state index contributed by atoms with van der Waals surface area (Å²) in [6, 6.07) is 13.7. The van der Waals surface area contributed by atoms with Crippen LogP contribution in [0.2, 0.25) is 0 Å². The van der Waals surface area contributed by atoms with Gasteiger partial charge in [-0.2, -0.15) is 5.26 Å². The Morgan fingerprint density at radius 3 is 2.62 bits per heavy atom. The minimum Gasteiger partial charge on any atom is -0.369 e. The van der Waals surface area contributed by atoms with Crippen LogP contribution < -0.4 is 16.0 Å². The maximum absolute atomic E-state index is 12.3. The third kappa shape index (κ3) is 3.31. The van der Waals surface area contributed by atoms with E-state index in [1.54, 1.807) is 18.5 Å². The fourth-order valence-electron chi connectivity index (χ4n) is 3.40. The molecule has 0 saturated heterocycles. The Balaban J connectivity index is 2.01. The van der Waals surface area contributed by atoms with Crippen LogP contribution in [-0.2, 0) is 5.54 Å². The van der Waals surface area contributed by atoms with Crippen molar-refractivity contribution in [1.82, 2.24) is 4.98 Å². The van der Waals surface area contributed by atoms with Gasteiger partial charge in [-0.1, -0.05) is 30.3 Å². The van der Waals surface area contributed by atoms with Crippen molar-refractivity contribution < 1.29 is 4.39 Å². The maximum Gasteiger partial charge on any atom is 0.212 e. The zero-order valence-corrected chi connectivity index (χ0v) is 14.4. The molecule has 2 aromatic rings. The van der Waals surface area contributed by atoms with Crippen LogP contribution in [0.1, 0.15) is 24.8 Å². The van der Waals surface area contributed by atoms with Crippen molar-refractivity contribution >= 4 is 17.5 Å². The quantitative estimate of drug-likeness (QED) is 0.473. The Morgan fingerprint density at radius 1 is 1.31 bits per heavy atom. The van der Waals surface area contributed by atoms with E-state index in [4.69, 9.17) is 11.0 Å². The van der Waals surface area contributed by atoms with E-state index in [-0.39, 0.29) is 18.0 Å². The minimum atomic E-state index is -0.464. The van der Waals surface area contributed by atoms with Crippen LogP contribution in [0.4, 0.5) is 15.9 Å². The maximum atomic E-state index is 12.3. The van der Waals surface area contributed by atoms with Gasteiger partial charge in [-0.05, 0) is 37.0 Å². The van der Waals surface area contributed by atoms with Crippen molar-refractivity contribution in [3.05, 3.63) is 54.2 Å². The number of halogens is 1. The van der Waals surface area contributed by atoms with E-state index in [2.05, 4.69) is 27.4 Å². The Labute approximate surface area is 152 Å². The molecule has 1 saturated carbocycles. The van der Waals surface area contributed by atoms with Gasteiger partial charge in [0.05, 0.1) is 17.4 Å². The number of aliphatic imine (C=N–C) groups is 1. The molecule has 6 nitrogen and oxygen atoms in total. The molecule has 0 atom stereocenters. The van der Waals surface area contributed by atoms with E-state index >= 15 is 0 Å². The van der Waals surface area contributed by atoms with Crippen LogP contribution in [0.5, 0.6) is 0 Å². The minimum absolute atomic E-state index is 0.141. The Morgan fingerprint density at radius 2 is 2.08 bits per heavy atom. The molecule has 1 aromatic carbocycles. The van der Waals surface area contributed by atoms with Crippen molar-refractivity contribution in [2.24, 2.45) is 10.7 Å². The average molecular weight is 352 g/mol. The molecular formula is C19H21FN6. The highest BCUT2D eigenvalue weighted by Gasteiger charge is 2.46. The van der Waals surface area contributed by atoms with Crippen molar-refractivity contribution in [3.8, 4) is 6.19 Å². The summed E-state index contributed by atoms with van der Waals surface area (Å²) in [4.78, 5) is 10.0. The van der Waals surface area contributed by atoms with Gasteiger partial charge < -0.3 is 16.0 Å². The SMILES string of the molecule is N#CN=C(N)N(c1ccc(NCCF)nc1)C1(c2ccccc2)CCC1. The number of hydrogen-bond donors (Lipinski definition) is 2. The second-order valence-electron chi connectivity index (χ2n) is 6.17. The number of hydrogen-bond acceptors (Lipinski definition) is 4. The van der Waals surface area contributed by atoms with E-state index < -0.39 is 6.67 Å². The molecular weight excluding hydrogens is 331 g/mol. The van der Waals surface area contributed by atoms with Crippen LogP contribution in [0, 0.1) is 11.5 Å². The summed E-state index contributed by atoms with van der Waals surface area (Å²) in [5.41, 5.74) is 7.70. The van der Waals surface area contributed by atoms with Crippen LogP contribution >= 0.6 is 0 Å². The first-order valence-electron chi connectivity index (χ1n) is 8.55. The first kappa shape index (κ1) is 17.7. The predicted molar refractivity (Wildman–Crippen MR) is 100 cm³/mol. The van der Waals surface area contributed by atoms with Gasteiger partial charge in [0.2, 0.25) is 12.2 Å². The number of nitrogens with one attached hydrogen (secondary N) is 1. The molecule has 3 N–H and O–H groups in total. The molecule has 3 rings (SSSR count). The second-order valence-corrected chi connectivity index (χ2v) is 6.17. The van der Waals surface area contributed by atoms with Crippen molar-refractivity contribution in [1.29, 1.82) is 5.26 Å². The Kier molecular flexibility index (Phi) is 5.32. The van der Waals surface area contributed by atoms with Gasteiger partial charge in [0.15, 0.2) is 0 Å². The zero-order valence-electron chi connectivity index (χ0n) is 14.4. The van der Waals surface area contributed by atoms with Gasteiger partial charge in [-0.25, -0.2) is 9.37 Å². The lowest BCUT2D eigenvalue weighted by atomic mass is 9.70.